The van der Waals surface area contributed by atoms with Crippen molar-refractivity contribution in [3.63, 3.8) is 0 Å². The molecule has 1 atom stereocenters. The topological polar surface area (TPSA) is 20.2 Å². The number of rotatable bonds is 16. The molecule has 0 heterocycles. The standard InChI is InChI=1S/C19H23F17O/c1-11(8-6-4-2-3-5-7-9-37)10-12(20,21)13(22,23)14(24,25)15(26,27)16(28,29)17(30,31)18(32,33)19(34,35)36/h11,37H,2-10H2,1H3. The molecular weight excluding hydrogens is 567 g/mol. The van der Waals surface area contributed by atoms with Crippen molar-refractivity contribution in [2.24, 2.45) is 5.92 Å². The highest BCUT2D eigenvalue weighted by Crippen LogP contribution is 2.64. The van der Waals surface area contributed by atoms with Crippen LogP contribution >= 0.6 is 0 Å². The lowest BCUT2D eigenvalue weighted by Crippen LogP contribution is -2.74. The second kappa shape index (κ2) is 11.5. The zero-order valence-corrected chi connectivity index (χ0v) is 18.8. The van der Waals surface area contributed by atoms with Gasteiger partial charge in [0.1, 0.15) is 0 Å². The number of aliphatic hydroxyl groups excluding tert-OH is 1. The highest BCUT2D eigenvalue weighted by molar-refractivity contribution is 5.15. The van der Waals surface area contributed by atoms with Crippen LogP contribution in [0.15, 0.2) is 0 Å². The number of halogens is 17. The summed E-state index contributed by atoms with van der Waals surface area (Å²) < 4.78 is 225. The van der Waals surface area contributed by atoms with Gasteiger partial charge in [-0.05, 0) is 12.3 Å². The Morgan fingerprint density at radius 3 is 1.16 bits per heavy atom. The summed E-state index contributed by atoms with van der Waals surface area (Å²) >= 11 is 0. The average molecular weight is 590 g/mol. The molecule has 0 spiro atoms. The van der Waals surface area contributed by atoms with Crippen LogP contribution in [-0.4, -0.2) is 59.3 Å². The lowest BCUT2D eigenvalue weighted by Gasteiger charge is -2.43. The number of aliphatic hydroxyl groups is 1. The SMILES string of the molecule is CC(CCCCCCCCO)CC(F)(F)C(F)(F)C(F)(F)C(F)(F)C(F)(F)C(F)(F)C(F)(F)C(F)(F)F. The van der Waals surface area contributed by atoms with E-state index in [0.717, 1.165) is 6.92 Å². The molecule has 0 aromatic rings. The molecule has 0 saturated heterocycles. The molecule has 18 heteroatoms. The molecule has 0 fully saturated rings. The Balaban J connectivity index is 5.87. The fourth-order valence-corrected chi connectivity index (χ4v) is 3.18. The summed E-state index contributed by atoms with van der Waals surface area (Å²) in [6, 6.07) is 0. The Labute approximate surface area is 199 Å². The van der Waals surface area contributed by atoms with Crippen molar-refractivity contribution in [2.75, 3.05) is 6.61 Å². The molecule has 0 saturated carbocycles. The van der Waals surface area contributed by atoms with Gasteiger partial charge in [-0.3, -0.25) is 0 Å². The molecule has 37 heavy (non-hydrogen) atoms. The predicted molar refractivity (Wildman–Crippen MR) is 93.9 cm³/mol. The van der Waals surface area contributed by atoms with Crippen molar-refractivity contribution >= 4 is 0 Å². The Morgan fingerprint density at radius 2 is 0.784 bits per heavy atom. The fraction of sp³-hybridized carbons (Fsp3) is 1.00. The molecule has 0 radical (unpaired) electrons. The number of hydrogen-bond donors (Lipinski definition) is 1. The first-order valence-electron chi connectivity index (χ1n) is 10.5. The maximum Gasteiger partial charge on any atom is 0.460 e. The lowest BCUT2D eigenvalue weighted by atomic mass is 9.86. The minimum absolute atomic E-state index is 0.0192. The van der Waals surface area contributed by atoms with Crippen molar-refractivity contribution in [1.29, 1.82) is 0 Å². The van der Waals surface area contributed by atoms with Gasteiger partial charge in [0.15, 0.2) is 0 Å². The summed E-state index contributed by atoms with van der Waals surface area (Å²) in [7, 11) is 0. The smallest absolute Gasteiger partial charge is 0.396 e. The molecule has 1 N–H and O–H groups in total. The average Bonchev–Trinajstić information content (AvgIpc) is 2.71. The number of unbranched alkanes of at least 4 members (excludes halogenated alkanes) is 5. The molecule has 0 bridgehead atoms. The quantitative estimate of drug-likeness (QED) is 0.141. The minimum atomic E-state index is -8.59. The Kier molecular flexibility index (Phi) is 11.1. The Morgan fingerprint density at radius 1 is 0.459 bits per heavy atom. The second-order valence-corrected chi connectivity index (χ2v) is 8.59. The van der Waals surface area contributed by atoms with Crippen molar-refractivity contribution in [1.82, 2.24) is 0 Å². The third-order valence-electron chi connectivity index (χ3n) is 5.50. The monoisotopic (exact) mass is 590 g/mol. The van der Waals surface area contributed by atoms with E-state index in [1.807, 2.05) is 0 Å². The summed E-state index contributed by atoms with van der Waals surface area (Å²) in [6.07, 6.45) is -8.16. The van der Waals surface area contributed by atoms with Gasteiger partial charge >= 0.3 is 47.6 Å². The molecule has 224 valence electrons. The van der Waals surface area contributed by atoms with Crippen molar-refractivity contribution in [3.05, 3.63) is 0 Å². The van der Waals surface area contributed by atoms with Gasteiger partial charge < -0.3 is 5.11 Å². The first-order valence-corrected chi connectivity index (χ1v) is 10.5. The summed E-state index contributed by atoms with van der Waals surface area (Å²) in [4.78, 5) is 0. The Bertz CT molecular complexity index is 714. The van der Waals surface area contributed by atoms with Crippen LogP contribution in [0.5, 0.6) is 0 Å². The van der Waals surface area contributed by atoms with E-state index in [9.17, 15) is 74.6 Å². The van der Waals surface area contributed by atoms with E-state index >= 15 is 0 Å². The predicted octanol–water partition coefficient (Wildman–Crippen LogP) is 8.75. The van der Waals surface area contributed by atoms with Gasteiger partial charge in [0.05, 0.1) is 0 Å². The highest BCUT2D eigenvalue weighted by Gasteiger charge is 2.95. The summed E-state index contributed by atoms with van der Waals surface area (Å²) in [5.41, 5.74) is 0. The van der Waals surface area contributed by atoms with Crippen molar-refractivity contribution in [3.8, 4) is 0 Å². The highest BCUT2D eigenvalue weighted by atomic mass is 19.4. The number of alkyl halides is 17. The largest absolute Gasteiger partial charge is 0.460 e. The van der Waals surface area contributed by atoms with Crippen molar-refractivity contribution in [2.45, 2.75) is 106 Å². The van der Waals surface area contributed by atoms with E-state index in [0.29, 0.717) is 32.1 Å². The fourth-order valence-electron chi connectivity index (χ4n) is 3.18. The van der Waals surface area contributed by atoms with E-state index < -0.39 is 66.4 Å². The number of hydrogen-bond acceptors (Lipinski definition) is 1. The second-order valence-electron chi connectivity index (χ2n) is 8.59. The van der Waals surface area contributed by atoms with E-state index in [1.54, 1.807) is 0 Å². The molecule has 0 aromatic carbocycles. The van der Waals surface area contributed by atoms with Crippen LogP contribution in [0.3, 0.4) is 0 Å². The maximum absolute atomic E-state index is 14.0. The molecule has 1 nitrogen and oxygen atoms in total. The summed E-state index contributed by atoms with van der Waals surface area (Å²) in [5, 5.41) is 8.59. The third-order valence-corrected chi connectivity index (χ3v) is 5.50. The molecule has 0 amide bonds. The third kappa shape index (κ3) is 6.50. The zero-order chi connectivity index (χ0) is 29.9. The van der Waals surface area contributed by atoms with Crippen LogP contribution in [0.1, 0.15) is 58.3 Å². The molecule has 0 aliphatic carbocycles. The summed E-state index contributed by atoms with van der Waals surface area (Å²) in [5.74, 6) is -57.6. The van der Waals surface area contributed by atoms with E-state index in [2.05, 4.69) is 0 Å². The molecule has 0 rings (SSSR count). The molecule has 0 aromatic heterocycles. The molecule has 0 aliphatic heterocycles. The van der Waals surface area contributed by atoms with Gasteiger partial charge in [0.2, 0.25) is 0 Å². The van der Waals surface area contributed by atoms with Gasteiger partial charge in [-0.1, -0.05) is 45.4 Å². The Hall–Kier alpha value is -1.23. The maximum atomic E-state index is 14.0. The van der Waals surface area contributed by atoms with Gasteiger partial charge in [-0.15, -0.1) is 0 Å². The van der Waals surface area contributed by atoms with Crippen LogP contribution in [-0.2, 0) is 0 Å². The minimum Gasteiger partial charge on any atom is -0.396 e. The zero-order valence-electron chi connectivity index (χ0n) is 18.8. The van der Waals surface area contributed by atoms with Gasteiger partial charge in [-0.2, -0.15) is 74.6 Å². The molecular formula is C19H23F17O. The van der Waals surface area contributed by atoms with Crippen LogP contribution in [0.4, 0.5) is 74.6 Å². The van der Waals surface area contributed by atoms with Gasteiger partial charge in [0.25, 0.3) is 0 Å². The van der Waals surface area contributed by atoms with Crippen molar-refractivity contribution < 1.29 is 79.7 Å². The van der Waals surface area contributed by atoms with E-state index in [-0.39, 0.29) is 13.0 Å². The van der Waals surface area contributed by atoms with Crippen LogP contribution in [0.2, 0.25) is 0 Å². The van der Waals surface area contributed by atoms with Crippen LogP contribution < -0.4 is 0 Å². The van der Waals surface area contributed by atoms with Gasteiger partial charge in [-0.25, -0.2) is 0 Å². The van der Waals surface area contributed by atoms with Crippen LogP contribution in [0, 0.1) is 5.92 Å². The molecule has 0 aliphatic rings. The summed E-state index contributed by atoms with van der Waals surface area (Å²) in [6.45, 7) is 0.650. The first kappa shape index (κ1) is 35.8. The normalized spacial score (nSPS) is 16.3. The van der Waals surface area contributed by atoms with E-state index in [4.69, 9.17) is 5.11 Å². The molecule has 1 unspecified atom stereocenters. The first-order chi connectivity index (χ1) is 16.2. The van der Waals surface area contributed by atoms with Gasteiger partial charge in [0, 0.05) is 13.0 Å². The van der Waals surface area contributed by atoms with E-state index in [1.165, 1.54) is 0 Å². The van der Waals surface area contributed by atoms with Crippen LogP contribution in [0.25, 0.3) is 0 Å². The lowest BCUT2D eigenvalue weighted by molar-refractivity contribution is -0.462.